The van der Waals surface area contributed by atoms with Gasteiger partial charge in [0.1, 0.15) is 5.82 Å². The second-order valence-electron chi connectivity index (χ2n) is 6.97. The molecule has 1 N–H and O–H groups in total. The molecule has 0 saturated carbocycles. The summed E-state index contributed by atoms with van der Waals surface area (Å²) in [6, 6.07) is 21.2. The summed E-state index contributed by atoms with van der Waals surface area (Å²) in [7, 11) is 0. The molecule has 4 nitrogen and oxygen atoms in total. The van der Waals surface area contributed by atoms with E-state index in [4.69, 9.17) is 16.6 Å². The van der Waals surface area contributed by atoms with E-state index in [0.717, 1.165) is 41.4 Å². The molecule has 142 valence electrons. The number of carbonyl (C=O) groups excluding carboxylic acids is 1. The molecule has 1 aliphatic rings. The summed E-state index contributed by atoms with van der Waals surface area (Å²) in [6.45, 7) is 2.10. The molecule has 0 atom stereocenters. The number of aromatic nitrogens is 1. The van der Waals surface area contributed by atoms with Crippen molar-refractivity contribution < 1.29 is 4.79 Å². The van der Waals surface area contributed by atoms with Crippen molar-refractivity contribution in [3.63, 3.8) is 0 Å². The largest absolute Gasteiger partial charge is 0.357 e. The Balaban J connectivity index is 1.54. The highest BCUT2D eigenvalue weighted by Gasteiger charge is 2.15. The minimum absolute atomic E-state index is 0.0644. The van der Waals surface area contributed by atoms with E-state index >= 15 is 0 Å². The van der Waals surface area contributed by atoms with Gasteiger partial charge >= 0.3 is 0 Å². The SMILES string of the molecule is O=C(Cc1ccc(Cl)cc1)Nc1ccccc1-c1cccc(N2CCCC2)n1. The third-order valence-corrected chi connectivity index (χ3v) is 5.17. The molecule has 3 aromatic rings. The topological polar surface area (TPSA) is 45.2 Å². The highest BCUT2D eigenvalue weighted by atomic mass is 35.5. The van der Waals surface area contributed by atoms with E-state index in [9.17, 15) is 4.79 Å². The van der Waals surface area contributed by atoms with E-state index in [1.54, 1.807) is 12.1 Å². The normalized spacial score (nSPS) is 13.5. The van der Waals surface area contributed by atoms with Gasteiger partial charge in [-0.05, 0) is 48.7 Å². The average molecular weight is 392 g/mol. The Labute approximate surface area is 170 Å². The third kappa shape index (κ3) is 4.34. The second-order valence-corrected chi connectivity index (χ2v) is 7.41. The zero-order valence-electron chi connectivity index (χ0n) is 15.6. The van der Waals surface area contributed by atoms with Gasteiger partial charge in [0.15, 0.2) is 0 Å². The number of nitrogens with one attached hydrogen (secondary N) is 1. The summed E-state index contributed by atoms with van der Waals surface area (Å²) in [4.78, 5) is 19.7. The molecule has 28 heavy (non-hydrogen) atoms. The number of rotatable bonds is 5. The predicted octanol–water partition coefficient (Wildman–Crippen LogP) is 5.18. The number of carbonyl (C=O) groups is 1. The third-order valence-electron chi connectivity index (χ3n) is 4.92. The van der Waals surface area contributed by atoms with Crippen LogP contribution in [-0.2, 0) is 11.2 Å². The highest BCUT2D eigenvalue weighted by Crippen LogP contribution is 2.29. The first-order valence-electron chi connectivity index (χ1n) is 9.55. The number of hydrogen-bond donors (Lipinski definition) is 1. The zero-order chi connectivity index (χ0) is 19.3. The molecule has 1 amide bonds. The van der Waals surface area contributed by atoms with Crippen LogP contribution in [0.3, 0.4) is 0 Å². The number of anilines is 2. The quantitative estimate of drug-likeness (QED) is 0.651. The van der Waals surface area contributed by atoms with Crippen LogP contribution in [0.2, 0.25) is 5.02 Å². The van der Waals surface area contributed by atoms with Crippen LogP contribution in [-0.4, -0.2) is 24.0 Å². The molecule has 1 aliphatic heterocycles. The minimum Gasteiger partial charge on any atom is -0.357 e. The molecule has 1 fully saturated rings. The summed E-state index contributed by atoms with van der Waals surface area (Å²) >= 11 is 5.92. The van der Waals surface area contributed by atoms with Gasteiger partial charge in [-0.15, -0.1) is 0 Å². The van der Waals surface area contributed by atoms with E-state index in [1.165, 1.54) is 12.8 Å². The standard InChI is InChI=1S/C23H22ClN3O/c24-18-12-10-17(11-13-18)16-23(28)26-21-7-2-1-6-19(21)20-8-5-9-22(25-20)27-14-3-4-15-27/h1-2,5-13H,3-4,14-16H2,(H,26,28). The first-order chi connectivity index (χ1) is 13.7. The Hall–Kier alpha value is -2.85. The lowest BCUT2D eigenvalue weighted by Crippen LogP contribution is -2.19. The molecule has 2 heterocycles. The molecule has 0 aliphatic carbocycles. The Morgan fingerprint density at radius 3 is 2.50 bits per heavy atom. The maximum absolute atomic E-state index is 12.6. The van der Waals surface area contributed by atoms with Gasteiger partial charge in [0, 0.05) is 23.7 Å². The van der Waals surface area contributed by atoms with Crippen LogP contribution in [0.25, 0.3) is 11.3 Å². The molecule has 0 bridgehead atoms. The predicted molar refractivity (Wildman–Crippen MR) is 115 cm³/mol. The number of pyridine rings is 1. The van der Waals surface area contributed by atoms with Gasteiger partial charge in [-0.1, -0.05) is 48.0 Å². The van der Waals surface area contributed by atoms with Crippen molar-refractivity contribution in [3.8, 4) is 11.3 Å². The molecule has 5 heteroatoms. The van der Waals surface area contributed by atoms with Gasteiger partial charge in [0.2, 0.25) is 5.91 Å². The van der Waals surface area contributed by atoms with Crippen LogP contribution in [0.1, 0.15) is 18.4 Å². The average Bonchev–Trinajstić information content (AvgIpc) is 3.25. The summed E-state index contributed by atoms with van der Waals surface area (Å²) in [5.41, 5.74) is 3.49. The van der Waals surface area contributed by atoms with Crippen molar-refractivity contribution in [3.05, 3.63) is 77.3 Å². The summed E-state index contributed by atoms with van der Waals surface area (Å²) in [5.74, 6) is 0.933. The first-order valence-corrected chi connectivity index (χ1v) is 9.92. The summed E-state index contributed by atoms with van der Waals surface area (Å²) < 4.78 is 0. The maximum atomic E-state index is 12.6. The van der Waals surface area contributed by atoms with Crippen molar-refractivity contribution in [2.24, 2.45) is 0 Å². The summed E-state index contributed by atoms with van der Waals surface area (Å²) in [5, 5.41) is 3.70. The molecule has 0 spiro atoms. The van der Waals surface area contributed by atoms with Crippen molar-refractivity contribution in [2.45, 2.75) is 19.3 Å². The number of hydrogen-bond acceptors (Lipinski definition) is 3. The summed E-state index contributed by atoms with van der Waals surface area (Å²) in [6.07, 6.45) is 2.72. The molecule has 0 radical (unpaired) electrons. The van der Waals surface area contributed by atoms with Gasteiger partial charge in [-0.3, -0.25) is 4.79 Å². The number of halogens is 1. The zero-order valence-corrected chi connectivity index (χ0v) is 16.3. The molecular formula is C23H22ClN3O. The first kappa shape index (κ1) is 18.5. The lowest BCUT2D eigenvalue weighted by Gasteiger charge is -2.18. The van der Waals surface area contributed by atoms with Gasteiger partial charge in [0.05, 0.1) is 17.8 Å². The number of para-hydroxylation sites is 1. The van der Waals surface area contributed by atoms with Gasteiger partial charge in [0.25, 0.3) is 0 Å². The fourth-order valence-corrected chi connectivity index (χ4v) is 3.62. The van der Waals surface area contributed by atoms with Gasteiger partial charge < -0.3 is 10.2 Å². The highest BCUT2D eigenvalue weighted by molar-refractivity contribution is 6.30. The van der Waals surface area contributed by atoms with Crippen LogP contribution < -0.4 is 10.2 Å². The number of benzene rings is 2. The second kappa shape index (κ2) is 8.44. The van der Waals surface area contributed by atoms with Gasteiger partial charge in [-0.25, -0.2) is 4.98 Å². The molecule has 1 saturated heterocycles. The molecule has 0 unspecified atom stereocenters. The molecule has 1 aromatic heterocycles. The van der Waals surface area contributed by atoms with E-state index < -0.39 is 0 Å². The Kier molecular flexibility index (Phi) is 5.58. The van der Waals surface area contributed by atoms with Crippen molar-refractivity contribution >= 4 is 29.0 Å². The minimum atomic E-state index is -0.0644. The van der Waals surface area contributed by atoms with E-state index in [-0.39, 0.29) is 5.91 Å². The Bertz CT molecular complexity index is 966. The van der Waals surface area contributed by atoms with E-state index in [1.807, 2.05) is 48.5 Å². The van der Waals surface area contributed by atoms with Crippen LogP contribution >= 0.6 is 11.6 Å². The van der Waals surface area contributed by atoms with Crippen molar-refractivity contribution in [2.75, 3.05) is 23.3 Å². The van der Waals surface area contributed by atoms with Crippen molar-refractivity contribution in [1.29, 1.82) is 0 Å². The van der Waals surface area contributed by atoms with Crippen molar-refractivity contribution in [1.82, 2.24) is 4.98 Å². The van der Waals surface area contributed by atoms with Crippen LogP contribution in [0, 0.1) is 0 Å². The molecule has 4 rings (SSSR count). The fourth-order valence-electron chi connectivity index (χ4n) is 3.49. The lowest BCUT2D eigenvalue weighted by atomic mass is 10.1. The van der Waals surface area contributed by atoms with E-state index in [0.29, 0.717) is 11.4 Å². The number of nitrogens with zero attached hydrogens (tertiary/aromatic N) is 2. The molecular weight excluding hydrogens is 370 g/mol. The van der Waals surface area contributed by atoms with Crippen LogP contribution in [0.5, 0.6) is 0 Å². The fraction of sp³-hybridized carbons (Fsp3) is 0.217. The van der Waals surface area contributed by atoms with E-state index in [2.05, 4.69) is 16.3 Å². The Morgan fingerprint density at radius 2 is 1.71 bits per heavy atom. The Morgan fingerprint density at radius 1 is 0.964 bits per heavy atom. The van der Waals surface area contributed by atoms with Gasteiger partial charge in [-0.2, -0.15) is 0 Å². The lowest BCUT2D eigenvalue weighted by molar-refractivity contribution is -0.115. The van der Waals surface area contributed by atoms with Crippen LogP contribution in [0.4, 0.5) is 11.5 Å². The monoisotopic (exact) mass is 391 g/mol. The maximum Gasteiger partial charge on any atom is 0.228 e. The van der Waals surface area contributed by atoms with Crippen LogP contribution in [0.15, 0.2) is 66.7 Å². The smallest absolute Gasteiger partial charge is 0.228 e. The number of amides is 1. The molecule has 2 aromatic carbocycles.